The van der Waals surface area contributed by atoms with Crippen LogP contribution in [0.1, 0.15) is 10.4 Å². The molecule has 0 spiro atoms. The van der Waals surface area contributed by atoms with Crippen molar-refractivity contribution in [2.75, 3.05) is 18.5 Å². The molecule has 2 aromatic rings. The van der Waals surface area contributed by atoms with Gasteiger partial charge in [-0.25, -0.2) is 8.78 Å². The van der Waals surface area contributed by atoms with Crippen LogP contribution in [0.5, 0.6) is 5.75 Å². The molecule has 1 aliphatic rings. The number of anilines is 1. The van der Waals surface area contributed by atoms with Crippen LogP contribution in [0.3, 0.4) is 0 Å². The maximum absolute atomic E-state index is 13.4. The van der Waals surface area contributed by atoms with Crippen molar-refractivity contribution >= 4 is 17.5 Å². The van der Waals surface area contributed by atoms with E-state index in [9.17, 15) is 18.4 Å². The van der Waals surface area contributed by atoms with Crippen molar-refractivity contribution in [3.05, 3.63) is 59.7 Å². The largest absolute Gasteiger partial charge is 0.477 e. The topological polar surface area (TPSA) is 58.6 Å². The number of para-hydroxylation sites is 2. The van der Waals surface area contributed by atoms with Crippen LogP contribution in [-0.2, 0) is 4.79 Å². The first-order valence-corrected chi connectivity index (χ1v) is 7.25. The van der Waals surface area contributed by atoms with Crippen LogP contribution in [0.15, 0.2) is 42.5 Å². The first-order valence-electron chi connectivity index (χ1n) is 7.25. The number of halogens is 2. The molecule has 2 amide bonds. The van der Waals surface area contributed by atoms with Crippen molar-refractivity contribution in [2.45, 2.75) is 6.10 Å². The zero-order valence-corrected chi connectivity index (χ0v) is 12.8. The lowest BCUT2D eigenvalue weighted by Crippen LogP contribution is -2.50. The number of fused-ring (bicyclic) bond motifs is 1. The van der Waals surface area contributed by atoms with E-state index in [-0.39, 0.29) is 18.0 Å². The van der Waals surface area contributed by atoms with E-state index in [1.165, 1.54) is 18.0 Å². The highest BCUT2D eigenvalue weighted by molar-refractivity contribution is 6.07. The van der Waals surface area contributed by atoms with Crippen molar-refractivity contribution in [2.24, 2.45) is 0 Å². The highest BCUT2D eigenvalue weighted by Gasteiger charge is 2.33. The van der Waals surface area contributed by atoms with Gasteiger partial charge < -0.3 is 15.0 Å². The second-order valence-electron chi connectivity index (χ2n) is 5.23. The van der Waals surface area contributed by atoms with Gasteiger partial charge in [-0.1, -0.05) is 12.1 Å². The number of amides is 2. The lowest BCUT2D eigenvalue weighted by atomic mass is 10.1. The molecule has 3 rings (SSSR count). The minimum atomic E-state index is -1.11. The standard InChI is InChI=1S/C17H14F2N2O3/c1-20-16(22)15-9-21(13-4-2-3-5-14(13)24-15)17(23)10-6-7-11(18)12(19)8-10/h2-8,15H,9H2,1H3,(H,20,22)/t15-/m0/s1. The fraction of sp³-hybridized carbons (Fsp3) is 0.176. The quantitative estimate of drug-likeness (QED) is 0.916. The molecule has 1 N–H and O–H groups in total. The van der Waals surface area contributed by atoms with Gasteiger partial charge in [-0.15, -0.1) is 0 Å². The van der Waals surface area contributed by atoms with Crippen LogP contribution in [0.4, 0.5) is 14.5 Å². The summed E-state index contributed by atoms with van der Waals surface area (Å²) in [4.78, 5) is 26.0. The molecule has 5 nitrogen and oxygen atoms in total. The molecule has 1 heterocycles. The van der Waals surface area contributed by atoms with Gasteiger partial charge in [0.05, 0.1) is 12.2 Å². The molecule has 0 aliphatic carbocycles. The second-order valence-corrected chi connectivity index (χ2v) is 5.23. The number of carbonyl (C=O) groups is 2. The Kier molecular flexibility index (Phi) is 4.16. The van der Waals surface area contributed by atoms with E-state index in [0.717, 1.165) is 12.1 Å². The Bertz CT molecular complexity index is 810. The lowest BCUT2D eigenvalue weighted by molar-refractivity contribution is -0.127. The number of benzene rings is 2. The number of likely N-dealkylation sites (N-methyl/N-ethyl adjacent to an activating group) is 1. The minimum Gasteiger partial charge on any atom is -0.477 e. The molecule has 1 aliphatic heterocycles. The molecule has 0 saturated carbocycles. The van der Waals surface area contributed by atoms with Gasteiger partial charge in [0.2, 0.25) is 0 Å². The first-order chi connectivity index (χ1) is 11.5. The molecule has 2 aromatic carbocycles. The lowest BCUT2D eigenvalue weighted by Gasteiger charge is -2.34. The van der Waals surface area contributed by atoms with E-state index in [1.807, 2.05) is 0 Å². The summed E-state index contributed by atoms with van der Waals surface area (Å²) in [6, 6.07) is 9.66. The van der Waals surface area contributed by atoms with Crippen LogP contribution in [0, 0.1) is 11.6 Å². The smallest absolute Gasteiger partial charge is 0.262 e. The van der Waals surface area contributed by atoms with Crippen LogP contribution in [0.2, 0.25) is 0 Å². The van der Waals surface area contributed by atoms with Crippen LogP contribution >= 0.6 is 0 Å². The van der Waals surface area contributed by atoms with E-state index < -0.39 is 23.6 Å². The Labute approximate surface area is 136 Å². The summed E-state index contributed by atoms with van der Waals surface area (Å²) >= 11 is 0. The summed E-state index contributed by atoms with van der Waals surface area (Å²) in [5, 5.41) is 2.47. The zero-order chi connectivity index (χ0) is 17.3. The predicted molar refractivity (Wildman–Crippen MR) is 83.0 cm³/mol. The van der Waals surface area contributed by atoms with Gasteiger partial charge in [0.1, 0.15) is 5.75 Å². The molecule has 0 fully saturated rings. The molecule has 124 valence electrons. The third kappa shape index (κ3) is 2.80. The van der Waals surface area contributed by atoms with Gasteiger partial charge in [-0.3, -0.25) is 9.59 Å². The third-order valence-electron chi connectivity index (χ3n) is 3.72. The van der Waals surface area contributed by atoms with Crippen molar-refractivity contribution in [3.63, 3.8) is 0 Å². The molecule has 0 unspecified atom stereocenters. The average Bonchev–Trinajstić information content (AvgIpc) is 2.61. The Balaban J connectivity index is 1.99. The monoisotopic (exact) mass is 332 g/mol. The number of ether oxygens (including phenoxy) is 1. The van der Waals surface area contributed by atoms with E-state index in [4.69, 9.17) is 4.74 Å². The van der Waals surface area contributed by atoms with Gasteiger partial charge in [-0.05, 0) is 30.3 Å². The van der Waals surface area contributed by atoms with Crippen molar-refractivity contribution in [1.29, 1.82) is 0 Å². The molecule has 0 saturated heterocycles. The average molecular weight is 332 g/mol. The number of nitrogens with zero attached hydrogens (tertiary/aromatic N) is 1. The van der Waals surface area contributed by atoms with Gasteiger partial charge in [-0.2, -0.15) is 0 Å². The van der Waals surface area contributed by atoms with E-state index >= 15 is 0 Å². The highest BCUT2D eigenvalue weighted by atomic mass is 19.2. The summed E-state index contributed by atoms with van der Waals surface area (Å²) in [5.74, 6) is -2.69. The first kappa shape index (κ1) is 15.9. The molecule has 24 heavy (non-hydrogen) atoms. The van der Waals surface area contributed by atoms with Gasteiger partial charge >= 0.3 is 0 Å². The summed E-state index contributed by atoms with van der Waals surface area (Å²) < 4.78 is 32.1. The van der Waals surface area contributed by atoms with Crippen LogP contribution < -0.4 is 15.0 Å². The molecule has 1 atom stereocenters. The summed E-state index contributed by atoms with van der Waals surface area (Å²) in [6.07, 6.45) is -0.890. The molecular formula is C17H14F2N2O3. The van der Waals surface area contributed by atoms with Gasteiger partial charge in [0.25, 0.3) is 11.8 Å². The van der Waals surface area contributed by atoms with E-state index in [2.05, 4.69) is 5.32 Å². The number of hydrogen-bond donors (Lipinski definition) is 1. The zero-order valence-electron chi connectivity index (χ0n) is 12.8. The van der Waals surface area contributed by atoms with Crippen molar-refractivity contribution in [1.82, 2.24) is 5.32 Å². The minimum absolute atomic E-state index is 0.0127. The Morgan fingerprint density at radius 3 is 2.62 bits per heavy atom. The number of nitrogens with one attached hydrogen (secondary N) is 1. The molecule has 7 heteroatoms. The number of hydrogen-bond acceptors (Lipinski definition) is 3. The number of rotatable bonds is 2. The molecule has 0 aromatic heterocycles. The van der Waals surface area contributed by atoms with Gasteiger partial charge in [0.15, 0.2) is 17.7 Å². The summed E-state index contributed by atoms with van der Waals surface area (Å²) in [6.45, 7) is -0.0332. The van der Waals surface area contributed by atoms with E-state index in [1.54, 1.807) is 24.3 Å². The summed E-state index contributed by atoms with van der Waals surface area (Å²) in [7, 11) is 1.47. The fourth-order valence-corrected chi connectivity index (χ4v) is 2.51. The van der Waals surface area contributed by atoms with Crippen molar-refractivity contribution < 1.29 is 23.1 Å². The third-order valence-corrected chi connectivity index (χ3v) is 3.72. The second kappa shape index (κ2) is 6.27. The Hall–Kier alpha value is -2.96. The molecular weight excluding hydrogens is 318 g/mol. The number of carbonyl (C=O) groups excluding carboxylic acids is 2. The van der Waals surface area contributed by atoms with Crippen LogP contribution in [0.25, 0.3) is 0 Å². The normalized spacial score (nSPS) is 16.1. The molecule has 0 bridgehead atoms. The van der Waals surface area contributed by atoms with Gasteiger partial charge in [0, 0.05) is 12.6 Å². The highest BCUT2D eigenvalue weighted by Crippen LogP contribution is 2.34. The predicted octanol–water partition coefficient (Wildman–Crippen LogP) is 2.12. The van der Waals surface area contributed by atoms with Crippen LogP contribution in [-0.4, -0.2) is 31.5 Å². The Morgan fingerprint density at radius 2 is 1.92 bits per heavy atom. The maximum atomic E-state index is 13.4. The summed E-state index contributed by atoms with van der Waals surface area (Å²) in [5.41, 5.74) is 0.452. The maximum Gasteiger partial charge on any atom is 0.262 e. The fourth-order valence-electron chi connectivity index (χ4n) is 2.51. The van der Waals surface area contributed by atoms with E-state index in [0.29, 0.717) is 11.4 Å². The Morgan fingerprint density at radius 1 is 1.17 bits per heavy atom. The molecule has 0 radical (unpaired) electrons. The van der Waals surface area contributed by atoms with Crippen molar-refractivity contribution in [3.8, 4) is 5.75 Å². The SMILES string of the molecule is CNC(=O)[C@@H]1CN(C(=O)c2ccc(F)c(F)c2)c2ccccc2O1.